The molecule has 1 atom stereocenters. The molecule has 1 N–H and O–H groups in total. The van der Waals surface area contributed by atoms with Crippen LogP contribution in [0.2, 0.25) is 15.1 Å². The summed E-state index contributed by atoms with van der Waals surface area (Å²) >= 11 is 18.7. The molecule has 38 heavy (non-hydrogen) atoms. The van der Waals surface area contributed by atoms with Crippen LogP contribution in [0.3, 0.4) is 0 Å². The molecular formula is C29H20Cl3NO5. The van der Waals surface area contributed by atoms with E-state index in [1.165, 1.54) is 0 Å². The Morgan fingerprint density at radius 2 is 1.76 bits per heavy atom. The van der Waals surface area contributed by atoms with Crippen molar-refractivity contribution in [3.05, 3.63) is 105 Å². The Morgan fingerprint density at radius 1 is 0.974 bits per heavy atom. The Kier molecular flexibility index (Phi) is 7.56. The first kappa shape index (κ1) is 26.0. The summed E-state index contributed by atoms with van der Waals surface area (Å²) in [6.07, 6.45) is 0.487. The first-order valence-electron chi connectivity index (χ1n) is 11.7. The van der Waals surface area contributed by atoms with Gasteiger partial charge in [-0.05, 0) is 67.1 Å². The van der Waals surface area contributed by atoms with E-state index in [9.17, 15) is 14.7 Å². The normalized spacial score (nSPS) is 14.3. The predicted octanol–water partition coefficient (Wildman–Crippen LogP) is 7.88. The second-order valence-corrected chi connectivity index (χ2v) is 9.96. The third-order valence-electron chi connectivity index (χ3n) is 6.16. The van der Waals surface area contributed by atoms with Crippen LogP contribution in [0.25, 0.3) is 11.3 Å². The number of ketones is 1. The number of nitrogens with zero attached hydrogens (tertiary/aromatic N) is 1. The molecule has 0 radical (unpaired) electrons. The second-order valence-electron chi connectivity index (χ2n) is 8.71. The maximum Gasteiger partial charge on any atom is 0.311 e. The van der Waals surface area contributed by atoms with Gasteiger partial charge in [0.1, 0.15) is 17.2 Å². The van der Waals surface area contributed by atoms with E-state index in [-0.39, 0.29) is 17.2 Å². The summed E-state index contributed by atoms with van der Waals surface area (Å²) in [5.41, 5.74) is 3.02. The highest BCUT2D eigenvalue weighted by Crippen LogP contribution is 2.42. The highest BCUT2D eigenvalue weighted by atomic mass is 35.5. The fraction of sp³-hybridized carbons (Fsp3) is 0.138. The van der Waals surface area contributed by atoms with Gasteiger partial charge in [0.2, 0.25) is 0 Å². The van der Waals surface area contributed by atoms with Gasteiger partial charge in [-0.25, -0.2) is 0 Å². The number of carboxylic acid groups (broad SMARTS) is 1. The van der Waals surface area contributed by atoms with Gasteiger partial charge in [-0.15, -0.1) is 0 Å². The monoisotopic (exact) mass is 567 g/mol. The Balaban J connectivity index is 1.29. The van der Waals surface area contributed by atoms with Crippen molar-refractivity contribution in [1.82, 2.24) is 4.98 Å². The zero-order chi connectivity index (χ0) is 26.8. The van der Waals surface area contributed by atoms with Crippen LogP contribution in [-0.2, 0) is 11.2 Å². The predicted molar refractivity (Wildman–Crippen MR) is 146 cm³/mol. The Hall–Kier alpha value is -3.58. The first-order chi connectivity index (χ1) is 18.3. The van der Waals surface area contributed by atoms with Gasteiger partial charge in [0.15, 0.2) is 5.78 Å². The van der Waals surface area contributed by atoms with Crippen molar-refractivity contribution in [2.45, 2.75) is 18.8 Å². The van der Waals surface area contributed by atoms with Crippen LogP contribution < -0.4 is 9.47 Å². The van der Waals surface area contributed by atoms with Crippen LogP contribution in [-0.4, -0.2) is 28.4 Å². The lowest BCUT2D eigenvalue weighted by molar-refractivity contribution is -0.139. The molecule has 3 aromatic carbocycles. The summed E-state index contributed by atoms with van der Waals surface area (Å²) in [5.74, 6) is -0.471. The fourth-order valence-corrected chi connectivity index (χ4v) is 4.97. The molecule has 2 heterocycles. The van der Waals surface area contributed by atoms with E-state index in [0.29, 0.717) is 62.8 Å². The summed E-state index contributed by atoms with van der Waals surface area (Å²) in [5, 5.41) is 10.7. The van der Waals surface area contributed by atoms with E-state index in [1.807, 2.05) is 12.1 Å². The van der Waals surface area contributed by atoms with Crippen molar-refractivity contribution in [2.24, 2.45) is 0 Å². The molecule has 4 aromatic rings. The Morgan fingerprint density at radius 3 is 2.50 bits per heavy atom. The molecule has 1 aromatic heterocycles. The van der Waals surface area contributed by atoms with Crippen molar-refractivity contribution in [2.75, 3.05) is 6.61 Å². The van der Waals surface area contributed by atoms with E-state index in [4.69, 9.17) is 44.3 Å². The minimum Gasteiger partial charge on any atom is -0.493 e. The number of ether oxygens (including phenoxy) is 2. The van der Waals surface area contributed by atoms with Crippen LogP contribution in [0.4, 0.5) is 0 Å². The lowest BCUT2D eigenvalue weighted by Crippen LogP contribution is -2.20. The second kappa shape index (κ2) is 11.0. The summed E-state index contributed by atoms with van der Waals surface area (Å²) in [4.78, 5) is 29.1. The van der Waals surface area contributed by atoms with Crippen LogP contribution in [0, 0.1) is 0 Å². The number of carbonyl (C=O) groups is 2. The average molecular weight is 569 g/mol. The quantitative estimate of drug-likeness (QED) is 0.228. The molecule has 0 saturated carbocycles. The van der Waals surface area contributed by atoms with E-state index < -0.39 is 11.9 Å². The van der Waals surface area contributed by atoms with Gasteiger partial charge < -0.3 is 14.6 Å². The van der Waals surface area contributed by atoms with Crippen LogP contribution >= 0.6 is 34.8 Å². The minimum absolute atomic E-state index is 0.108. The van der Waals surface area contributed by atoms with Gasteiger partial charge in [0.05, 0.1) is 34.7 Å². The number of rotatable bonds is 7. The molecule has 0 spiro atoms. The maximum absolute atomic E-state index is 12.9. The lowest BCUT2D eigenvalue weighted by atomic mass is 9.93. The van der Waals surface area contributed by atoms with Crippen LogP contribution in [0.1, 0.15) is 34.0 Å². The van der Waals surface area contributed by atoms with E-state index in [1.54, 1.807) is 60.7 Å². The molecule has 0 aliphatic carbocycles. The van der Waals surface area contributed by atoms with Crippen molar-refractivity contribution in [3.63, 3.8) is 0 Å². The van der Waals surface area contributed by atoms with Crippen molar-refractivity contribution < 1.29 is 24.2 Å². The third kappa shape index (κ3) is 5.63. The third-order valence-corrected chi connectivity index (χ3v) is 7.00. The number of carboxylic acids is 1. The number of pyridine rings is 1. The number of fused-ring (bicyclic) bond motifs is 1. The summed E-state index contributed by atoms with van der Waals surface area (Å²) < 4.78 is 11.5. The number of halogens is 3. The molecule has 0 fully saturated rings. The van der Waals surface area contributed by atoms with Crippen molar-refractivity contribution in [1.29, 1.82) is 0 Å². The number of carbonyl (C=O) groups excluding carboxylic acids is 1. The smallest absolute Gasteiger partial charge is 0.311 e. The topological polar surface area (TPSA) is 85.7 Å². The number of hydrogen-bond acceptors (Lipinski definition) is 5. The lowest BCUT2D eigenvalue weighted by Gasteiger charge is -2.24. The molecular weight excluding hydrogens is 549 g/mol. The van der Waals surface area contributed by atoms with Crippen LogP contribution in [0.5, 0.6) is 17.2 Å². The van der Waals surface area contributed by atoms with Gasteiger partial charge in [0.25, 0.3) is 0 Å². The molecule has 1 aliphatic heterocycles. The zero-order valence-corrected chi connectivity index (χ0v) is 22.1. The zero-order valence-electron chi connectivity index (χ0n) is 19.8. The number of benzene rings is 3. The molecule has 0 bridgehead atoms. The summed E-state index contributed by atoms with van der Waals surface area (Å²) in [6.45, 7) is 0.298. The number of aromatic nitrogens is 1. The average Bonchev–Trinajstić information content (AvgIpc) is 2.89. The van der Waals surface area contributed by atoms with Crippen LogP contribution in [0.15, 0.2) is 72.8 Å². The number of Topliss-reactive ketones (excluding diaryl/α,β-unsaturated/α-hetero) is 1. The highest BCUT2D eigenvalue weighted by molar-refractivity contribution is 6.36. The molecule has 0 amide bonds. The molecule has 0 saturated heterocycles. The highest BCUT2D eigenvalue weighted by Gasteiger charge is 2.29. The van der Waals surface area contributed by atoms with Gasteiger partial charge in [-0.2, -0.15) is 0 Å². The molecule has 5 rings (SSSR count). The fourth-order valence-electron chi connectivity index (χ4n) is 4.25. The largest absolute Gasteiger partial charge is 0.493 e. The molecule has 6 nitrogen and oxygen atoms in total. The van der Waals surface area contributed by atoms with Gasteiger partial charge in [-0.1, -0.05) is 40.9 Å². The Bertz CT molecular complexity index is 1540. The molecule has 1 aliphatic rings. The SMILES string of the molecule is O=C(Cc1cccc(-c2ccc(Cl)cc2Cl)n1)c1ccc(Oc2cc3c(cc2Cl)C(C(=O)O)CCO3)cc1. The van der Waals surface area contributed by atoms with Gasteiger partial charge in [0, 0.05) is 33.5 Å². The van der Waals surface area contributed by atoms with Crippen molar-refractivity contribution >= 4 is 46.6 Å². The van der Waals surface area contributed by atoms with E-state index in [2.05, 4.69) is 4.98 Å². The number of hydrogen-bond donors (Lipinski definition) is 1. The standard InChI is InChI=1S/C29H20Cl3NO5/c30-17-6-9-21(23(31)12-17)25-3-1-2-18(33-25)13-26(34)16-4-7-19(8-5-16)38-28-15-27-22(14-24(28)32)20(29(35)36)10-11-37-27/h1-9,12,14-15,20H,10-11,13H2,(H,35,36). The van der Waals surface area contributed by atoms with E-state index >= 15 is 0 Å². The Labute approximate surface area is 233 Å². The molecule has 192 valence electrons. The molecule has 1 unspecified atom stereocenters. The van der Waals surface area contributed by atoms with Crippen molar-refractivity contribution in [3.8, 4) is 28.5 Å². The minimum atomic E-state index is -0.921. The molecule has 9 heteroatoms. The summed E-state index contributed by atoms with van der Waals surface area (Å²) in [7, 11) is 0. The van der Waals surface area contributed by atoms with Gasteiger partial charge in [-0.3, -0.25) is 14.6 Å². The van der Waals surface area contributed by atoms with Gasteiger partial charge >= 0.3 is 5.97 Å². The first-order valence-corrected chi connectivity index (χ1v) is 12.8. The van der Waals surface area contributed by atoms with E-state index in [0.717, 1.165) is 5.56 Å². The summed E-state index contributed by atoms with van der Waals surface area (Å²) in [6, 6.07) is 20.5. The maximum atomic E-state index is 12.9. The number of aliphatic carboxylic acids is 1.